The highest BCUT2D eigenvalue weighted by Crippen LogP contribution is 2.27. The average Bonchev–Trinajstić information content (AvgIpc) is 2.85. The van der Waals surface area contributed by atoms with Crippen molar-refractivity contribution < 1.29 is 23.9 Å². The molecule has 4 atom stereocenters. The molecule has 1 aromatic carbocycles. The number of amides is 2. The van der Waals surface area contributed by atoms with Crippen molar-refractivity contribution in [2.75, 3.05) is 27.8 Å². The molecule has 0 bridgehead atoms. The number of esters is 1. The van der Waals surface area contributed by atoms with Gasteiger partial charge in [0.2, 0.25) is 11.8 Å². The Balaban J connectivity index is 3.25. The van der Waals surface area contributed by atoms with Crippen LogP contribution >= 0.6 is 0 Å². The maximum atomic E-state index is 13.7. The Labute approximate surface area is 216 Å². The van der Waals surface area contributed by atoms with Gasteiger partial charge in [0.15, 0.2) is 0 Å². The number of carbonyl (C=O) groups excluding carboxylic acids is 3. The number of nitrogens with zero attached hydrogens (tertiary/aromatic N) is 1. The van der Waals surface area contributed by atoms with E-state index in [-0.39, 0.29) is 30.4 Å². The molecule has 0 aliphatic carbocycles. The first-order chi connectivity index (χ1) is 16.8. The van der Waals surface area contributed by atoms with Gasteiger partial charge in [0.05, 0.1) is 24.8 Å². The Kier molecular flexibility index (Phi) is 12.3. The molecule has 0 saturated carbocycles. The third-order valence-electron chi connectivity index (χ3n) is 6.69. The van der Waals surface area contributed by atoms with Crippen LogP contribution in [0.2, 0.25) is 0 Å². The molecule has 1 unspecified atom stereocenters. The minimum atomic E-state index is -0.924. The van der Waals surface area contributed by atoms with E-state index in [0.717, 1.165) is 5.56 Å². The highest BCUT2D eigenvalue weighted by atomic mass is 16.5. The zero-order valence-electron chi connectivity index (χ0n) is 23.5. The van der Waals surface area contributed by atoms with Crippen molar-refractivity contribution in [3.63, 3.8) is 0 Å². The van der Waals surface area contributed by atoms with Crippen molar-refractivity contribution in [3.05, 3.63) is 47.5 Å². The monoisotopic (exact) mass is 503 g/mol. The summed E-state index contributed by atoms with van der Waals surface area (Å²) in [6, 6.07) is 7.87. The van der Waals surface area contributed by atoms with Gasteiger partial charge in [0.25, 0.3) is 0 Å². The summed E-state index contributed by atoms with van der Waals surface area (Å²) in [6.07, 6.45) is 1.16. The Morgan fingerprint density at radius 2 is 1.69 bits per heavy atom. The first kappa shape index (κ1) is 31.3. The van der Waals surface area contributed by atoms with Crippen molar-refractivity contribution in [2.45, 2.75) is 78.1 Å². The van der Waals surface area contributed by atoms with E-state index < -0.39 is 29.6 Å². The molecule has 8 heteroatoms. The second-order valence-corrected chi connectivity index (χ2v) is 9.99. The highest BCUT2D eigenvalue weighted by Gasteiger charge is 2.39. The lowest BCUT2D eigenvalue weighted by molar-refractivity contribution is -0.141. The Morgan fingerprint density at radius 1 is 1.11 bits per heavy atom. The van der Waals surface area contributed by atoms with Crippen molar-refractivity contribution in [1.82, 2.24) is 15.5 Å². The summed E-state index contributed by atoms with van der Waals surface area (Å²) in [6.45, 7) is 13.4. The lowest BCUT2D eigenvalue weighted by Gasteiger charge is -2.37. The number of likely N-dealkylation sites (N-methyl/N-ethyl adjacent to an activating group) is 2. The van der Waals surface area contributed by atoms with Gasteiger partial charge in [-0.05, 0) is 39.3 Å². The van der Waals surface area contributed by atoms with Crippen molar-refractivity contribution in [3.8, 4) is 0 Å². The van der Waals surface area contributed by atoms with Crippen LogP contribution in [-0.2, 0) is 29.3 Å². The zero-order valence-corrected chi connectivity index (χ0v) is 23.5. The normalized spacial score (nSPS) is 15.6. The summed E-state index contributed by atoms with van der Waals surface area (Å²) in [4.78, 5) is 40.9. The Morgan fingerprint density at radius 3 is 2.17 bits per heavy atom. The first-order valence-electron chi connectivity index (χ1n) is 12.5. The number of carbonyl (C=O) groups is 3. The molecule has 8 nitrogen and oxygen atoms in total. The molecule has 0 fully saturated rings. The van der Waals surface area contributed by atoms with Gasteiger partial charge in [0.1, 0.15) is 6.04 Å². The molecule has 0 aromatic heterocycles. The van der Waals surface area contributed by atoms with Gasteiger partial charge in [0, 0.05) is 25.1 Å². The fraction of sp³-hybridized carbons (Fsp3) is 0.607. The summed E-state index contributed by atoms with van der Waals surface area (Å²) in [5.41, 5.74) is 0.879. The number of ether oxygens (including phenoxy) is 2. The SMILES string of the molecule is CCOC(=O)/C(C)=C/[C@H](C(C)C)N(C)C(=O)[C@@H](NC(=O)C(NC)C(C)(C)c1ccccc1)[C@@H](C)OC. The summed E-state index contributed by atoms with van der Waals surface area (Å²) in [7, 11) is 4.91. The molecule has 0 aliphatic rings. The molecule has 0 saturated heterocycles. The molecule has 0 heterocycles. The summed E-state index contributed by atoms with van der Waals surface area (Å²) < 4.78 is 10.6. The topological polar surface area (TPSA) is 97.0 Å². The maximum Gasteiger partial charge on any atom is 0.333 e. The van der Waals surface area contributed by atoms with Gasteiger partial charge in [-0.1, -0.05) is 64.1 Å². The van der Waals surface area contributed by atoms with Crippen LogP contribution in [0, 0.1) is 5.92 Å². The van der Waals surface area contributed by atoms with E-state index in [4.69, 9.17) is 9.47 Å². The molecule has 1 rings (SSSR count). The second-order valence-electron chi connectivity index (χ2n) is 9.99. The van der Waals surface area contributed by atoms with Crippen LogP contribution < -0.4 is 10.6 Å². The molecule has 0 aliphatic heterocycles. The molecular weight excluding hydrogens is 458 g/mol. The lowest BCUT2D eigenvalue weighted by Crippen LogP contribution is -2.61. The van der Waals surface area contributed by atoms with E-state index in [1.807, 2.05) is 58.0 Å². The first-order valence-corrected chi connectivity index (χ1v) is 12.5. The van der Waals surface area contributed by atoms with Crippen LogP contribution in [0.15, 0.2) is 42.0 Å². The van der Waals surface area contributed by atoms with E-state index in [0.29, 0.717) is 5.57 Å². The van der Waals surface area contributed by atoms with Crippen LogP contribution in [0.5, 0.6) is 0 Å². The summed E-state index contributed by atoms with van der Waals surface area (Å²) >= 11 is 0. The highest BCUT2D eigenvalue weighted by molar-refractivity contribution is 5.91. The van der Waals surface area contributed by atoms with Gasteiger partial charge < -0.3 is 25.0 Å². The van der Waals surface area contributed by atoms with Gasteiger partial charge >= 0.3 is 5.97 Å². The molecule has 0 spiro atoms. The minimum Gasteiger partial charge on any atom is -0.463 e. The van der Waals surface area contributed by atoms with E-state index in [2.05, 4.69) is 10.6 Å². The number of nitrogens with one attached hydrogen (secondary N) is 2. The van der Waals surface area contributed by atoms with Crippen molar-refractivity contribution in [1.29, 1.82) is 0 Å². The molecule has 2 N–H and O–H groups in total. The molecule has 0 radical (unpaired) electrons. The quantitative estimate of drug-likeness (QED) is 0.317. The number of hydrogen-bond donors (Lipinski definition) is 2. The standard InChI is InChI=1S/C28H45N3O5/c1-11-36-27(34)19(4)17-22(18(2)3)31(9)26(33)23(20(5)35-10)30-25(32)24(29-8)28(6,7)21-15-13-12-14-16-21/h12-18,20,22-24,29H,11H2,1-10H3,(H,30,32)/b19-17+/t20-,22-,23+,24?/m1/s1. The van der Waals surface area contributed by atoms with E-state index >= 15 is 0 Å². The van der Waals surface area contributed by atoms with Gasteiger partial charge in [-0.25, -0.2) is 4.79 Å². The van der Waals surface area contributed by atoms with E-state index in [9.17, 15) is 14.4 Å². The predicted molar refractivity (Wildman–Crippen MR) is 143 cm³/mol. The minimum absolute atomic E-state index is 0.0135. The third-order valence-corrected chi connectivity index (χ3v) is 6.69. The van der Waals surface area contributed by atoms with Gasteiger partial charge in [-0.3, -0.25) is 9.59 Å². The maximum absolute atomic E-state index is 13.7. The van der Waals surface area contributed by atoms with Crippen LogP contribution in [-0.4, -0.2) is 74.7 Å². The van der Waals surface area contributed by atoms with Crippen molar-refractivity contribution >= 4 is 17.8 Å². The molecular formula is C28H45N3O5. The lowest BCUT2D eigenvalue weighted by atomic mass is 9.77. The average molecular weight is 504 g/mol. The number of benzene rings is 1. The number of hydrogen-bond acceptors (Lipinski definition) is 6. The third kappa shape index (κ3) is 7.90. The second kappa shape index (κ2) is 14.1. The van der Waals surface area contributed by atoms with Crippen molar-refractivity contribution in [2.24, 2.45) is 5.92 Å². The van der Waals surface area contributed by atoms with Crippen LogP contribution in [0.25, 0.3) is 0 Å². The number of rotatable bonds is 13. The molecule has 202 valence electrons. The van der Waals surface area contributed by atoms with Gasteiger partial charge in [-0.2, -0.15) is 0 Å². The van der Waals surface area contributed by atoms with Gasteiger partial charge in [-0.15, -0.1) is 0 Å². The smallest absolute Gasteiger partial charge is 0.333 e. The molecule has 1 aromatic rings. The molecule has 36 heavy (non-hydrogen) atoms. The van der Waals surface area contributed by atoms with E-state index in [1.165, 1.54) is 7.11 Å². The largest absolute Gasteiger partial charge is 0.463 e. The summed E-state index contributed by atoms with van der Waals surface area (Å²) in [5.74, 6) is -1.02. The fourth-order valence-corrected chi connectivity index (χ4v) is 4.29. The number of methoxy groups -OCH3 is 1. The van der Waals surface area contributed by atoms with Crippen LogP contribution in [0.1, 0.15) is 54.0 Å². The van der Waals surface area contributed by atoms with E-state index in [1.54, 1.807) is 45.8 Å². The Hall–Kier alpha value is -2.71. The van der Waals surface area contributed by atoms with Crippen LogP contribution in [0.3, 0.4) is 0 Å². The predicted octanol–water partition coefficient (Wildman–Crippen LogP) is 3.06. The Bertz CT molecular complexity index is 898. The molecule has 2 amide bonds. The zero-order chi connectivity index (χ0) is 27.6. The van der Waals surface area contributed by atoms with Crippen LogP contribution in [0.4, 0.5) is 0 Å². The fourth-order valence-electron chi connectivity index (χ4n) is 4.29. The summed E-state index contributed by atoms with van der Waals surface area (Å²) in [5, 5.41) is 6.06.